The van der Waals surface area contributed by atoms with Crippen LogP contribution in [0.1, 0.15) is 6.92 Å². The van der Waals surface area contributed by atoms with Gasteiger partial charge in [-0.3, -0.25) is 9.69 Å². The molecule has 1 aromatic carbocycles. The molecule has 1 saturated heterocycles. The molecule has 2 rings (SSSR count). The highest BCUT2D eigenvalue weighted by molar-refractivity contribution is 5.92. The number of piperazine rings is 1. The third kappa shape index (κ3) is 3.94. The van der Waals surface area contributed by atoms with Gasteiger partial charge in [-0.05, 0) is 31.2 Å². The monoisotopic (exact) mass is 263 g/mol. The van der Waals surface area contributed by atoms with E-state index < -0.39 is 0 Å². The average molecular weight is 263 g/mol. The summed E-state index contributed by atoms with van der Waals surface area (Å²) in [7, 11) is 1.62. The van der Waals surface area contributed by atoms with Crippen LogP contribution in [0, 0.1) is 0 Å². The van der Waals surface area contributed by atoms with Crippen LogP contribution in [0.15, 0.2) is 24.3 Å². The van der Waals surface area contributed by atoms with Crippen molar-refractivity contribution < 1.29 is 9.53 Å². The largest absolute Gasteiger partial charge is 0.497 e. The molecule has 0 saturated carbocycles. The van der Waals surface area contributed by atoms with Crippen LogP contribution < -0.4 is 15.4 Å². The summed E-state index contributed by atoms with van der Waals surface area (Å²) in [5.41, 5.74) is 0.800. The minimum absolute atomic E-state index is 0.0268. The van der Waals surface area contributed by atoms with Gasteiger partial charge in [-0.25, -0.2) is 0 Å². The number of nitrogens with zero attached hydrogens (tertiary/aromatic N) is 1. The summed E-state index contributed by atoms with van der Waals surface area (Å²) in [5.74, 6) is 0.813. The molecule has 1 fully saturated rings. The fourth-order valence-corrected chi connectivity index (χ4v) is 2.18. The van der Waals surface area contributed by atoms with Crippen molar-refractivity contribution in [3.63, 3.8) is 0 Å². The third-order valence-corrected chi connectivity index (χ3v) is 3.36. The Hall–Kier alpha value is -1.59. The van der Waals surface area contributed by atoms with Gasteiger partial charge >= 0.3 is 0 Å². The molecule has 2 N–H and O–H groups in total. The van der Waals surface area contributed by atoms with Gasteiger partial charge in [0, 0.05) is 31.4 Å². The molecule has 1 heterocycles. The highest BCUT2D eigenvalue weighted by Crippen LogP contribution is 2.15. The van der Waals surface area contributed by atoms with Gasteiger partial charge in [0.1, 0.15) is 5.75 Å². The first-order valence-electron chi connectivity index (χ1n) is 6.57. The number of amides is 1. The second-order valence-electron chi connectivity index (χ2n) is 4.80. The molecule has 1 amide bonds. The number of hydrogen-bond donors (Lipinski definition) is 2. The standard InChI is InChI=1S/C14H21N3O2/c1-11-9-15-7-8-17(11)10-14(18)16-12-3-5-13(19-2)6-4-12/h3-6,11,15H,7-10H2,1-2H3,(H,16,18)/t11-/m0/s1. The fraction of sp³-hybridized carbons (Fsp3) is 0.500. The zero-order valence-corrected chi connectivity index (χ0v) is 11.5. The fourth-order valence-electron chi connectivity index (χ4n) is 2.18. The third-order valence-electron chi connectivity index (χ3n) is 3.36. The molecule has 1 aliphatic rings. The molecule has 0 aliphatic carbocycles. The van der Waals surface area contributed by atoms with Gasteiger partial charge in [0.05, 0.1) is 13.7 Å². The van der Waals surface area contributed by atoms with Crippen molar-refractivity contribution in [1.82, 2.24) is 10.2 Å². The van der Waals surface area contributed by atoms with E-state index >= 15 is 0 Å². The van der Waals surface area contributed by atoms with E-state index in [2.05, 4.69) is 22.5 Å². The summed E-state index contributed by atoms with van der Waals surface area (Å²) in [5, 5.41) is 6.22. The van der Waals surface area contributed by atoms with Crippen LogP contribution in [0.2, 0.25) is 0 Å². The zero-order chi connectivity index (χ0) is 13.7. The first kappa shape index (κ1) is 13.8. The number of rotatable bonds is 4. The van der Waals surface area contributed by atoms with Gasteiger partial charge < -0.3 is 15.4 Å². The Morgan fingerprint density at radius 2 is 2.21 bits per heavy atom. The Labute approximate surface area is 113 Å². The summed E-state index contributed by atoms with van der Waals surface area (Å²) >= 11 is 0. The second kappa shape index (κ2) is 6.54. The van der Waals surface area contributed by atoms with Gasteiger partial charge in [0.2, 0.25) is 5.91 Å². The summed E-state index contributed by atoms with van der Waals surface area (Å²) in [6.07, 6.45) is 0. The molecule has 5 heteroatoms. The Kier molecular flexibility index (Phi) is 4.76. The van der Waals surface area contributed by atoms with Crippen LogP contribution in [-0.2, 0) is 4.79 Å². The van der Waals surface area contributed by atoms with Crippen LogP contribution in [0.25, 0.3) is 0 Å². The lowest BCUT2D eigenvalue weighted by Gasteiger charge is -2.33. The summed E-state index contributed by atoms with van der Waals surface area (Å²) in [6.45, 7) is 5.37. The lowest BCUT2D eigenvalue weighted by Crippen LogP contribution is -2.51. The molecule has 0 bridgehead atoms. The minimum Gasteiger partial charge on any atom is -0.497 e. The molecule has 19 heavy (non-hydrogen) atoms. The van der Waals surface area contributed by atoms with Crippen LogP contribution >= 0.6 is 0 Å². The predicted octanol–water partition coefficient (Wildman–Crippen LogP) is 0.927. The van der Waals surface area contributed by atoms with Gasteiger partial charge in [0.15, 0.2) is 0 Å². The number of benzene rings is 1. The van der Waals surface area contributed by atoms with Crippen molar-refractivity contribution in [2.24, 2.45) is 0 Å². The van der Waals surface area contributed by atoms with E-state index in [9.17, 15) is 4.79 Å². The highest BCUT2D eigenvalue weighted by Gasteiger charge is 2.20. The van der Waals surface area contributed by atoms with Crippen molar-refractivity contribution in [1.29, 1.82) is 0 Å². The van der Waals surface area contributed by atoms with Gasteiger partial charge in [-0.15, -0.1) is 0 Å². The van der Waals surface area contributed by atoms with Gasteiger partial charge in [-0.1, -0.05) is 0 Å². The van der Waals surface area contributed by atoms with Crippen LogP contribution in [0.3, 0.4) is 0 Å². The quantitative estimate of drug-likeness (QED) is 0.848. The Balaban J connectivity index is 1.86. The molecule has 1 aromatic rings. The maximum atomic E-state index is 12.0. The summed E-state index contributed by atoms with van der Waals surface area (Å²) in [6, 6.07) is 7.76. The molecule has 104 valence electrons. The van der Waals surface area contributed by atoms with E-state index in [-0.39, 0.29) is 5.91 Å². The number of carbonyl (C=O) groups excluding carboxylic acids is 1. The molecule has 0 radical (unpaired) electrons. The molecule has 5 nitrogen and oxygen atoms in total. The topological polar surface area (TPSA) is 53.6 Å². The normalized spacial score (nSPS) is 20.0. The van der Waals surface area contributed by atoms with Crippen LogP contribution in [0.5, 0.6) is 5.75 Å². The number of hydrogen-bond acceptors (Lipinski definition) is 4. The molecule has 0 aromatic heterocycles. The zero-order valence-electron chi connectivity index (χ0n) is 11.5. The van der Waals surface area contributed by atoms with E-state index in [0.29, 0.717) is 12.6 Å². The number of anilines is 1. The van der Waals surface area contributed by atoms with Crippen molar-refractivity contribution in [2.45, 2.75) is 13.0 Å². The molecular formula is C14H21N3O2. The number of ether oxygens (including phenoxy) is 1. The first-order chi connectivity index (χ1) is 9.19. The SMILES string of the molecule is COc1ccc(NC(=O)CN2CCNC[C@@H]2C)cc1. The van der Waals surface area contributed by atoms with E-state index in [1.807, 2.05) is 24.3 Å². The van der Waals surface area contributed by atoms with E-state index in [4.69, 9.17) is 4.74 Å². The lowest BCUT2D eigenvalue weighted by molar-refractivity contribution is -0.118. The number of nitrogens with one attached hydrogen (secondary N) is 2. The first-order valence-corrected chi connectivity index (χ1v) is 6.57. The lowest BCUT2D eigenvalue weighted by atomic mass is 10.2. The molecule has 0 unspecified atom stereocenters. The number of carbonyl (C=O) groups is 1. The summed E-state index contributed by atoms with van der Waals surface area (Å²) < 4.78 is 5.08. The Bertz CT molecular complexity index is 419. The van der Waals surface area contributed by atoms with Crippen molar-refractivity contribution in [3.05, 3.63) is 24.3 Å². The van der Waals surface area contributed by atoms with E-state index in [1.54, 1.807) is 7.11 Å². The van der Waals surface area contributed by atoms with Crippen molar-refractivity contribution >= 4 is 11.6 Å². The van der Waals surface area contributed by atoms with Crippen molar-refractivity contribution in [3.8, 4) is 5.75 Å². The van der Waals surface area contributed by atoms with E-state index in [1.165, 1.54) is 0 Å². The maximum absolute atomic E-state index is 12.0. The molecule has 1 atom stereocenters. The summed E-state index contributed by atoms with van der Waals surface area (Å²) in [4.78, 5) is 14.2. The highest BCUT2D eigenvalue weighted by atomic mass is 16.5. The predicted molar refractivity (Wildman–Crippen MR) is 75.5 cm³/mol. The van der Waals surface area contributed by atoms with Gasteiger partial charge in [-0.2, -0.15) is 0 Å². The van der Waals surface area contributed by atoms with E-state index in [0.717, 1.165) is 31.1 Å². The minimum atomic E-state index is 0.0268. The maximum Gasteiger partial charge on any atom is 0.238 e. The van der Waals surface area contributed by atoms with Crippen LogP contribution in [-0.4, -0.2) is 50.1 Å². The number of methoxy groups -OCH3 is 1. The molecule has 0 spiro atoms. The van der Waals surface area contributed by atoms with Gasteiger partial charge in [0.25, 0.3) is 0 Å². The second-order valence-corrected chi connectivity index (χ2v) is 4.80. The van der Waals surface area contributed by atoms with Crippen LogP contribution in [0.4, 0.5) is 5.69 Å². The smallest absolute Gasteiger partial charge is 0.238 e. The van der Waals surface area contributed by atoms with Crippen molar-refractivity contribution in [2.75, 3.05) is 38.6 Å². The Morgan fingerprint density at radius 3 is 2.84 bits per heavy atom. The molecular weight excluding hydrogens is 242 g/mol. The average Bonchev–Trinajstić information content (AvgIpc) is 2.42. The Morgan fingerprint density at radius 1 is 1.47 bits per heavy atom. The molecule has 1 aliphatic heterocycles.